The molecule has 2 aliphatic heterocycles. The van der Waals surface area contributed by atoms with Gasteiger partial charge < -0.3 is 0 Å². The molecule has 0 unspecified atom stereocenters. The van der Waals surface area contributed by atoms with Crippen molar-refractivity contribution >= 4 is 66.4 Å². The maximum atomic E-state index is 5.62. The summed E-state index contributed by atoms with van der Waals surface area (Å²) in [5.41, 5.74) is 10.9. The first-order valence-corrected chi connectivity index (χ1v) is 30.3. The Morgan fingerprint density at radius 2 is 0.506 bits per heavy atom. The van der Waals surface area contributed by atoms with Gasteiger partial charge in [0.25, 0.3) is 0 Å². The van der Waals surface area contributed by atoms with E-state index in [1.165, 1.54) is 40.1 Å². The normalized spacial score (nSPS) is 13.5. The molecule has 2 aliphatic rings. The Bertz CT molecular complexity index is 4240. The predicted molar refractivity (Wildman–Crippen MR) is 335 cm³/mol. The first kappa shape index (κ1) is 52.0. The van der Waals surface area contributed by atoms with Crippen LogP contribution >= 0.6 is 0 Å². The molecule has 0 saturated carbocycles. The minimum absolute atomic E-state index is 0.0812. The number of fused-ring (bicyclic) bond motifs is 20. The Morgan fingerprint density at radius 3 is 0.790 bits per heavy atom. The molecule has 408 valence electrons. The predicted octanol–water partition coefficient (Wildman–Crippen LogP) is 14.7. The van der Waals surface area contributed by atoms with Crippen LogP contribution < -0.4 is 22.3 Å². The molecule has 3 aromatic heterocycles. The second-order valence-corrected chi connectivity index (χ2v) is 30.6. The summed E-state index contributed by atoms with van der Waals surface area (Å²) < 4.78 is 6.01. The Hall–Kier alpha value is -8.36. The van der Waals surface area contributed by atoms with Gasteiger partial charge in [0, 0.05) is 0 Å². The average Bonchev–Trinajstić information content (AvgIpc) is 3.32. The fraction of sp³-hybridized carbons (Fsp3) is 0.222. The second kappa shape index (κ2) is 18.3. The number of aromatic nitrogens is 8. The molecule has 5 heterocycles. The van der Waals surface area contributed by atoms with Gasteiger partial charge in [-0.1, -0.05) is 18.2 Å². The van der Waals surface area contributed by atoms with E-state index in [1.807, 2.05) is 36.4 Å². The van der Waals surface area contributed by atoms with Crippen molar-refractivity contribution in [3.05, 3.63) is 210 Å². The van der Waals surface area contributed by atoms with E-state index in [2.05, 4.69) is 245 Å². The van der Waals surface area contributed by atoms with Crippen molar-refractivity contribution in [3.63, 3.8) is 0 Å². The summed E-state index contributed by atoms with van der Waals surface area (Å²) in [6.07, 6.45) is 0. The Labute approximate surface area is 475 Å². The van der Waals surface area contributed by atoms with Crippen LogP contribution in [-0.4, -0.2) is 39.9 Å². The molecule has 0 amide bonds. The molecule has 0 atom stereocenters. The standard InChI is InChI=1S/C32H17N8.4C10H13.Cu/c1-2-10-18-17(9-1)25-33-26(18)38-28-21-13-5-6-14-22(21)30(35-28)40-32-24-16-8-7-15-23(24)31(36-32)39-29-20-12-4-3-11-19(20)27(34-29)37-25;4*1-10(2,3)9-7-5-4-6-8-9;/h1-7,9-16H,(H2,33,34,35,36,37,38,39,40);4*5-8H,1-3H3;. The van der Waals surface area contributed by atoms with E-state index >= 15 is 0 Å². The zero-order valence-corrected chi connectivity index (χ0v) is 49.3. The third-order valence-corrected chi connectivity index (χ3v) is 23.0. The third kappa shape index (κ3) is 8.22. The van der Waals surface area contributed by atoms with Gasteiger partial charge in [0.1, 0.15) is 0 Å². The summed E-state index contributed by atoms with van der Waals surface area (Å²) in [5, 5.41) is 3.67. The van der Waals surface area contributed by atoms with E-state index in [1.54, 1.807) is 0 Å². The Balaban J connectivity index is 1.23. The Kier molecular flexibility index (Phi) is 11.8. The van der Waals surface area contributed by atoms with Crippen LogP contribution in [0, 0.1) is 0 Å². The van der Waals surface area contributed by atoms with E-state index in [0.29, 0.717) is 45.9 Å². The molecule has 9 heteroatoms. The van der Waals surface area contributed by atoms with E-state index in [9.17, 15) is 0 Å². The van der Waals surface area contributed by atoms with Crippen molar-refractivity contribution in [1.29, 1.82) is 0 Å². The van der Waals surface area contributed by atoms with Gasteiger partial charge in [0.05, 0.1) is 0 Å². The summed E-state index contributed by atoms with van der Waals surface area (Å²) in [5.74, 6) is 2.24. The third-order valence-electron chi connectivity index (χ3n) is 16.0. The fourth-order valence-electron chi connectivity index (χ4n) is 11.3. The molecule has 8 aromatic carbocycles. The van der Waals surface area contributed by atoms with Gasteiger partial charge in [-0.15, -0.1) is 0 Å². The summed E-state index contributed by atoms with van der Waals surface area (Å²) >= 11 is -3.67. The van der Waals surface area contributed by atoms with Gasteiger partial charge >= 0.3 is 461 Å². The van der Waals surface area contributed by atoms with Crippen molar-refractivity contribution in [2.75, 3.05) is 0 Å². The van der Waals surface area contributed by atoms with Crippen LogP contribution in [0.25, 0.3) is 89.7 Å². The number of benzene rings is 8. The molecule has 0 spiro atoms. The van der Waals surface area contributed by atoms with Crippen molar-refractivity contribution in [3.8, 4) is 45.6 Å². The quantitative estimate of drug-likeness (QED) is 0.166. The number of rotatable bonds is 5. The van der Waals surface area contributed by atoms with E-state index < -0.39 is 11.8 Å². The van der Waals surface area contributed by atoms with Crippen LogP contribution in [0.15, 0.2) is 188 Å². The van der Waals surface area contributed by atoms with Crippen molar-refractivity contribution in [2.24, 2.45) is 0 Å². The minimum atomic E-state index is -3.67. The van der Waals surface area contributed by atoms with Gasteiger partial charge in [-0.3, -0.25) is 0 Å². The van der Waals surface area contributed by atoms with Crippen molar-refractivity contribution < 1.29 is 11.8 Å². The van der Waals surface area contributed by atoms with Crippen LogP contribution in [0.2, 0.25) is 0 Å². The summed E-state index contributed by atoms with van der Waals surface area (Å²) in [4.78, 5) is 39.6. The topological polar surface area (TPSA) is 109 Å². The van der Waals surface area contributed by atoms with Gasteiger partial charge in [-0.2, -0.15) is 0 Å². The zero-order chi connectivity index (χ0) is 56.5. The van der Waals surface area contributed by atoms with Gasteiger partial charge in [-0.05, 0) is 0 Å². The second-order valence-electron chi connectivity index (χ2n) is 25.5. The fourth-order valence-corrected chi connectivity index (χ4v) is 18.4. The molecular weight excluding hydrogens is 1040 g/mol. The molecule has 8 bridgehead atoms. The summed E-state index contributed by atoms with van der Waals surface area (Å²) in [7, 11) is 0. The monoisotopic (exact) mass is 1110 g/mol. The zero-order valence-electron chi connectivity index (χ0n) is 48.4. The number of hydrogen-bond acceptors (Lipinski definition) is 6. The summed E-state index contributed by atoms with van der Waals surface area (Å²) in [6, 6.07) is 70.1. The van der Waals surface area contributed by atoms with Gasteiger partial charge in [-0.25, -0.2) is 0 Å². The molecule has 8 nitrogen and oxygen atoms in total. The molecule has 0 saturated heterocycles. The molecule has 0 radical (unpaired) electrons. The number of H-pyrrole nitrogens is 2. The van der Waals surface area contributed by atoms with E-state index in [-0.39, 0.29) is 21.7 Å². The van der Waals surface area contributed by atoms with Crippen molar-refractivity contribution in [2.45, 2.75) is 105 Å². The van der Waals surface area contributed by atoms with Crippen molar-refractivity contribution in [1.82, 2.24) is 39.9 Å². The average molecular weight is 1110 g/mol. The molecule has 11 aromatic rings. The molecule has 0 fully saturated rings. The SMILES string of the molecule is CC(C)(C)c1cc[c]([Cu]([c]2ccc(C(C)(C)C)cc2)([c]2ccc(C(C)(C)C)cc2)([c]2ccc(C(C)(C)C)cc2)[c]2ccc3c4nc5nc(nc6[nH]c(nc7nc(nc([nH]4)c3c2)-c2ccccc2-7)c2ccccc62)-c2ccccc2-5)cc1. The van der Waals surface area contributed by atoms with Crippen LogP contribution in [-0.2, 0) is 33.4 Å². The number of nitrogens with zero attached hydrogens (tertiary/aromatic N) is 6. The number of nitrogens with one attached hydrogen (secondary N) is 2. The van der Waals surface area contributed by atoms with Gasteiger partial charge in [0.2, 0.25) is 0 Å². The first-order chi connectivity index (χ1) is 38.6. The van der Waals surface area contributed by atoms with Crippen LogP contribution in [0.5, 0.6) is 0 Å². The molecule has 13 rings (SSSR count). The van der Waals surface area contributed by atoms with Crippen LogP contribution in [0.1, 0.15) is 105 Å². The maximum absolute atomic E-state index is 5.62. The van der Waals surface area contributed by atoms with Crippen LogP contribution in [0.3, 0.4) is 0 Å². The summed E-state index contributed by atoms with van der Waals surface area (Å²) in [6.45, 7) is 27.6. The van der Waals surface area contributed by atoms with E-state index in [0.717, 1.165) is 48.3 Å². The molecule has 0 aliphatic carbocycles. The first-order valence-electron chi connectivity index (χ1n) is 27.9. The molecule has 81 heavy (non-hydrogen) atoms. The number of aromatic amines is 2. The van der Waals surface area contributed by atoms with Crippen LogP contribution in [0.4, 0.5) is 0 Å². The molecular formula is C72H69CuN8. The Morgan fingerprint density at radius 1 is 0.259 bits per heavy atom. The molecule has 2 N–H and O–H groups in total. The number of hydrogen-bond donors (Lipinski definition) is 2. The van der Waals surface area contributed by atoms with E-state index in [4.69, 9.17) is 29.9 Å². The van der Waals surface area contributed by atoms with Gasteiger partial charge in [0.15, 0.2) is 0 Å².